The molecule has 0 radical (unpaired) electrons. The van der Waals surface area contributed by atoms with E-state index in [0.29, 0.717) is 6.61 Å². The van der Waals surface area contributed by atoms with E-state index in [1.807, 2.05) is 12.1 Å². The number of carbonyl (C=O) groups excluding carboxylic acids is 5. The zero-order valence-corrected chi connectivity index (χ0v) is 35.4. The van der Waals surface area contributed by atoms with Crippen LogP contribution in [0.1, 0.15) is 57.4 Å². The van der Waals surface area contributed by atoms with Crippen molar-refractivity contribution in [3.63, 3.8) is 0 Å². The Morgan fingerprint density at radius 3 is 1.10 bits per heavy atom. The van der Waals surface area contributed by atoms with E-state index in [4.69, 9.17) is 47.4 Å². The molecule has 0 aliphatic rings. The number of carbonyl (C=O) groups is 5. The lowest BCUT2D eigenvalue weighted by atomic mass is 9.92. The summed E-state index contributed by atoms with van der Waals surface area (Å²) in [5.74, 6) is -1.94. The van der Waals surface area contributed by atoms with Crippen LogP contribution in [0.25, 0.3) is 0 Å². The van der Waals surface area contributed by atoms with Crippen molar-refractivity contribution in [3.8, 4) is 5.75 Å². The predicted octanol–water partition coefficient (Wildman–Crippen LogP) is 6.04. The fourth-order valence-corrected chi connectivity index (χ4v) is 4.84. The third-order valence-electron chi connectivity index (χ3n) is 7.94. The highest BCUT2D eigenvalue weighted by Crippen LogP contribution is 2.21. The molecule has 336 valence electrons. The number of hydrogen-bond donors (Lipinski definition) is 0. The molecular weight excluding hydrogens is 780 g/mol. The van der Waals surface area contributed by atoms with Crippen LogP contribution in [-0.2, 0) is 73.0 Å². The first kappa shape index (κ1) is 54.9. The lowest BCUT2D eigenvalue weighted by molar-refractivity contribution is -0.146. The van der Waals surface area contributed by atoms with E-state index in [2.05, 4.69) is 52.0 Å². The SMILES string of the molecule is C=CC(=O)OCCOCC(COCCOC(=O)C=C)(COCCOC(=O)C=C)COCCOC(=O)C=C.C=CC(=O)OCCOc1ccc(CCCCCCCCC)cc1. The summed E-state index contributed by atoms with van der Waals surface area (Å²) >= 11 is 0. The first-order chi connectivity index (χ1) is 29.1. The number of rotatable bonds is 37. The number of unbranched alkanes of at least 4 members (excludes halogenated alkanes) is 6. The second-order valence-corrected chi connectivity index (χ2v) is 12.9. The zero-order chi connectivity index (χ0) is 44.5. The van der Waals surface area contributed by atoms with Gasteiger partial charge in [-0.2, -0.15) is 0 Å². The van der Waals surface area contributed by atoms with Crippen molar-refractivity contribution in [2.24, 2.45) is 5.41 Å². The van der Waals surface area contributed by atoms with Gasteiger partial charge in [-0.05, 0) is 30.5 Å². The van der Waals surface area contributed by atoms with E-state index < -0.39 is 35.3 Å². The van der Waals surface area contributed by atoms with Gasteiger partial charge in [0.2, 0.25) is 0 Å². The van der Waals surface area contributed by atoms with Crippen molar-refractivity contribution in [3.05, 3.63) is 93.1 Å². The monoisotopic (exact) mass is 846 g/mol. The maximum absolute atomic E-state index is 11.2. The molecule has 1 aromatic carbocycles. The molecule has 15 heteroatoms. The van der Waals surface area contributed by atoms with Crippen molar-refractivity contribution in [1.82, 2.24) is 0 Å². The lowest BCUT2D eigenvalue weighted by Crippen LogP contribution is -2.43. The molecule has 60 heavy (non-hydrogen) atoms. The number of hydrogen-bond acceptors (Lipinski definition) is 15. The lowest BCUT2D eigenvalue weighted by Gasteiger charge is -2.33. The molecule has 0 atom stereocenters. The first-order valence-corrected chi connectivity index (χ1v) is 20.1. The van der Waals surface area contributed by atoms with Crippen LogP contribution in [0.15, 0.2) is 87.5 Å². The number of ether oxygens (including phenoxy) is 10. The van der Waals surface area contributed by atoms with E-state index >= 15 is 0 Å². The molecule has 0 heterocycles. The van der Waals surface area contributed by atoms with Gasteiger partial charge in [0.25, 0.3) is 0 Å². The first-order valence-electron chi connectivity index (χ1n) is 20.1. The van der Waals surface area contributed by atoms with Crippen LogP contribution < -0.4 is 4.74 Å². The van der Waals surface area contributed by atoms with Crippen molar-refractivity contribution in [2.45, 2.75) is 58.3 Å². The molecule has 0 spiro atoms. The minimum Gasteiger partial charge on any atom is -0.490 e. The summed E-state index contributed by atoms with van der Waals surface area (Å²) in [4.78, 5) is 55.7. The van der Waals surface area contributed by atoms with Gasteiger partial charge in [0.1, 0.15) is 45.4 Å². The van der Waals surface area contributed by atoms with Crippen molar-refractivity contribution >= 4 is 29.8 Å². The molecule has 0 unspecified atom stereocenters. The standard InChI is InChI=1S/C25H36O12.C20H30O3/c1-5-21(26)34-13-9-30-17-25(18-31-10-14-35-22(27)6-2,19-32-11-15-36-23(28)7-3)20-33-12-16-37-24(29)8-4;1-3-5-6-7-8-9-10-11-18-12-14-19(15-13-18)22-16-17-23-20(21)4-2/h5-8H,1-4,9-20H2;4,12-15H,2-3,5-11,16-17H2,1H3. The normalized spacial score (nSPS) is 10.5. The van der Waals surface area contributed by atoms with E-state index in [1.165, 1.54) is 50.5 Å². The third kappa shape index (κ3) is 31.8. The summed E-state index contributed by atoms with van der Waals surface area (Å²) < 4.78 is 52.7. The topological polar surface area (TPSA) is 178 Å². The highest BCUT2D eigenvalue weighted by atomic mass is 16.6. The highest BCUT2D eigenvalue weighted by Gasteiger charge is 2.33. The molecule has 0 N–H and O–H groups in total. The summed E-state index contributed by atoms with van der Waals surface area (Å²) in [7, 11) is 0. The smallest absolute Gasteiger partial charge is 0.330 e. The molecule has 0 fully saturated rings. The second kappa shape index (κ2) is 38.1. The Morgan fingerprint density at radius 2 is 0.767 bits per heavy atom. The van der Waals surface area contributed by atoms with Crippen LogP contribution in [0.5, 0.6) is 5.75 Å². The molecule has 0 bridgehead atoms. The van der Waals surface area contributed by atoms with Gasteiger partial charge in [0, 0.05) is 30.4 Å². The average molecular weight is 847 g/mol. The van der Waals surface area contributed by atoms with Gasteiger partial charge in [-0.3, -0.25) is 0 Å². The molecule has 0 saturated carbocycles. The molecule has 0 aromatic heterocycles. The molecule has 1 rings (SSSR count). The molecule has 0 aliphatic carbocycles. The Morgan fingerprint density at radius 1 is 0.450 bits per heavy atom. The van der Waals surface area contributed by atoms with Gasteiger partial charge in [0.15, 0.2) is 0 Å². The number of esters is 5. The van der Waals surface area contributed by atoms with Crippen LogP contribution in [0.4, 0.5) is 0 Å². The highest BCUT2D eigenvalue weighted by molar-refractivity contribution is 5.82. The van der Waals surface area contributed by atoms with Crippen molar-refractivity contribution in [2.75, 3.05) is 92.5 Å². The Labute approximate surface area is 355 Å². The van der Waals surface area contributed by atoms with Crippen LogP contribution in [0, 0.1) is 5.41 Å². The zero-order valence-electron chi connectivity index (χ0n) is 35.4. The maximum atomic E-state index is 11.2. The predicted molar refractivity (Wildman–Crippen MR) is 225 cm³/mol. The van der Waals surface area contributed by atoms with Gasteiger partial charge >= 0.3 is 29.8 Å². The summed E-state index contributed by atoms with van der Waals surface area (Å²) in [6, 6.07) is 8.18. The van der Waals surface area contributed by atoms with Gasteiger partial charge in [-0.1, -0.05) is 90.5 Å². The molecule has 0 amide bonds. The molecule has 15 nitrogen and oxygen atoms in total. The average Bonchev–Trinajstić information content (AvgIpc) is 3.27. The van der Waals surface area contributed by atoms with Gasteiger partial charge in [-0.25, -0.2) is 24.0 Å². The van der Waals surface area contributed by atoms with Gasteiger partial charge in [0.05, 0.1) is 58.3 Å². The Bertz CT molecular complexity index is 1260. The van der Waals surface area contributed by atoms with Crippen LogP contribution in [0.3, 0.4) is 0 Å². The Kier molecular flexibility index (Phi) is 34.9. The minimum atomic E-state index is -0.879. The van der Waals surface area contributed by atoms with Crippen LogP contribution in [-0.4, -0.2) is 122 Å². The summed E-state index contributed by atoms with van der Waals surface area (Å²) in [5, 5.41) is 0. The van der Waals surface area contributed by atoms with Gasteiger partial charge in [-0.15, -0.1) is 0 Å². The van der Waals surface area contributed by atoms with Crippen molar-refractivity contribution < 1.29 is 71.3 Å². The Hall–Kier alpha value is -5.09. The van der Waals surface area contributed by atoms with Crippen LogP contribution >= 0.6 is 0 Å². The second-order valence-electron chi connectivity index (χ2n) is 12.9. The minimum absolute atomic E-state index is 0.00395. The summed E-state index contributed by atoms with van der Waals surface area (Å²) in [6.45, 7) is 20.0. The molecule has 1 aromatic rings. The van der Waals surface area contributed by atoms with E-state index in [9.17, 15) is 24.0 Å². The summed E-state index contributed by atoms with van der Waals surface area (Å²) in [5.41, 5.74) is 0.472. The molecular formula is C45H66O15. The fourth-order valence-electron chi connectivity index (χ4n) is 4.84. The van der Waals surface area contributed by atoms with Crippen LogP contribution in [0.2, 0.25) is 0 Å². The largest absolute Gasteiger partial charge is 0.490 e. The van der Waals surface area contributed by atoms with Gasteiger partial charge < -0.3 is 47.4 Å². The van der Waals surface area contributed by atoms with E-state index in [1.54, 1.807) is 0 Å². The fraction of sp³-hybridized carbons (Fsp3) is 0.533. The van der Waals surface area contributed by atoms with Crippen molar-refractivity contribution in [1.29, 1.82) is 0 Å². The molecule has 0 saturated heterocycles. The number of aryl methyl sites for hydroxylation is 1. The van der Waals surface area contributed by atoms with E-state index in [-0.39, 0.29) is 85.9 Å². The summed E-state index contributed by atoms with van der Waals surface area (Å²) in [6.07, 6.45) is 15.8. The maximum Gasteiger partial charge on any atom is 0.330 e. The quantitative estimate of drug-likeness (QED) is 0.0327. The molecule has 0 aliphatic heterocycles. The number of benzene rings is 1. The third-order valence-corrected chi connectivity index (χ3v) is 7.94. The van der Waals surface area contributed by atoms with E-state index in [0.717, 1.165) is 42.6 Å². The Balaban J connectivity index is 0.00000129.